The van der Waals surface area contributed by atoms with E-state index in [0.29, 0.717) is 0 Å². The van der Waals surface area contributed by atoms with Crippen LogP contribution in [-0.2, 0) is 25.5 Å². The molecule has 1 aliphatic carbocycles. The van der Waals surface area contributed by atoms with Crippen LogP contribution in [0.2, 0.25) is 0 Å². The van der Waals surface area contributed by atoms with Crippen molar-refractivity contribution in [1.82, 2.24) is 15.0 Å². The largest absolute Gasteiger partial charge is 0.317 e. The molecule has 0 bridgehead atoms. The van der Waals surface area contributed by atoms with Crippen LogP contribution in [0.3, 0.4) is 0 Å². The summed E-state index contributed by atoms with van der Waals surface area (Å²) in [5, 5.41) is 0. The quantitative estimate of drug-likeness (QED) is 0.195. The molecule has 0 saturated heterocycles. The number of benzene rings is 2. The fourth-order valence-electron chi connectivity index (χ4n) is 4.30. The molecule has 2 aromatic carbocycles. The van der Waals surface area contributed by atoms with Gasteiger partial charge in [0.05, 0.1) is 0 Å². The molecule has 0 fully saturated rings. The van der Waals surface area contributed by atoms with Gasteiger partial charge in [0.2, 0.25) is 0 Å². The predicted octanol–water partition coefficient (Wildman–Crippen LogP) is 7.10. The third-order valence-corrected chi connectivity index (χ3v) is 6.06. The van der Waals surface area contributed by atoms with Crippen LogP contribution >= 0.6 is 0 Å². The van der Waals surface area contributed by atoms with E-state index in [1.54, 1.807) is 24.4 Å². The summed E-state index contributed by atoms with van der Waals surface area (Å²) in [7, 11) is 0. The Morgan fingerprint density at radius 2 is 1.54 bits per heavy atom. The number of rotatable bonds is 2. The van der Waals surface area contributed by atoms with Crippen LogP contribution < -0.4 is 0 Å². The number of hydrogen-bond donors (Lipinski definition) is 0. The van der Waals surface area contributed by atoms with Gasteiger partial charge in [0.1, 0.15) is 0 Å². The van der Waals surface area contributed by atoms with Gasteiger partial charge < -0.3 is 9.97 Å². The summed E-state index contributed by atoms with van der Waals surface area (Å²) in [5.41, 5.74) is 8.73. The Morgan fingerprint density at radius 3 is 2.26 bits per heavy atom. The minimum Gasteiger partial charge on any atom is -0.317 e. The summed E-state index contributed by atoms with van der Waals surface area (Å²) in [6.07, 6.45) is 5.14. The number of hydrogen-bond acceptors (Lipinski definition) is 3. The van der Waals surface area contributed by atoms with E-state index in [-0.39, 0.29) is 31.1 Å². The predicted molar refractivity (Wildman–Crippen MR) is 137 cm³/mol. The number of aryl methyl sites for hydroxylation is 1. The molecule has 0 saturated carbocycles. The van der Waals surface area contributed by atoms with Gasteiger partial charge in [0.25, 0.3) is 0 Å². The van der Waals surface area contributed by atoms with Crippen LogP contribution in [0.25, 0.3) is 33.8 Å². The molecule has 175 valence electrons. The minimum absolute atomic E-state index is 0. The number of nitrogens with zero attached hydrogens (tertiary/aromatic N) is 3. The number of aromatic nitrogens is 3. The number of pyridine rings is 3. The molecule has 0 N–H and O–H groups in total. The maximum atomic E-state index is 7.23. The van der Waals surface area contributed by atoms with E-state index in [0.717, 1.165) is 22.6 Å². The average Bonchev–Trinajstić information content (AvgIpc) is 3.16. The van der Waals surface area contributed by atoms with Gasteiger partial charge in [-0.15, -0.1) is 42.0 Å². The van der Waals surface area contributed by atoms with Crippen LogP contribution in [0.5, 0.6) is 0 Å². The van der Waals surface area contributed by atoms with Gasteiger partial charge in [0.15, 0.2) is 0 Å². The minimum atomic E-state index is -2.09. The van der Waals surface area contributed by atoms with Gasteiger partial charge in [0, 0.05) is 47.6 Å². The SMILES string of the molecule is CC1(C)c2ccccc2-c2cnc(-c3[c-]cccn3)cc21.[2H]C([2H])([2H])c1ccc(-c2[c-]cccc2)nc1.[Ir]. The maximum Gasteiger partial charge on any atom is 0.0280 e. The zero-order valence-corrected chi connectivity index (χ0v) is 21.8. The van der Waals surface area contributed by atoms with Crippen molar-refractivity contribution in [3.63, 3.8) is 0 Å². The summed E-state index contributed by atoms with van der Waals surface area (Å²) in [6, 6.07) is 31.4. The first-order valence-electron chi connectivity index (χ1n) is 12.6. The van der Waals surface area contributed by atoms with Gasteiger partial charge in [-0.25, -0.2) is 0 Å². The van der Waals surface area contributed by atoms with Crippen molar-refractivity contribution in [3.8, 4) is 33.8 Å². The zero-order valence-electron chi connectivity index (χ0n) is 22.4. The average molecular weight is 635 g/mol. The molecule has 0 unspecified atom stereocenters. The molecular weight excluding hydrogens is 607 g/mol. The monoisotopic (exact) mass is 635 g/mol. The maximum absolute atomic E-state index is 7.23. The van der Waals surface area contributed by atoms with Crippen molar-refractivity contribution in [1.29, 1.82) is 0 Å². The Labute approximate surface area is 224 Å². The summed E-state index contributed by atoms with van der Waals surface area (Å²) < 4.78 is 21.7. The van der Waals surface area contributed by atoms with E-state index in [1.807, 2.05) is 36.5 Å². The summed E-state index contributed by atoms with van der Waals surface area (Å²) in [5.74, 6) is 0. The van der Waals surface area contributed by atoms with Crippen molar-refractivity contribution >= 4 is 0 Å². The Balaban J connectivity index is 0.000000179. The third-order valence-electron chi connectivity index (χ3n) is 6.06. The van der Waals surface area contributed by atoms with Crippen molar-refractivity contribution in [3.05, 3.63) is 126 Å². The second kappa shape index (κ2) is 10.4. The van der Waals surface area contributed by atoms with Gasteiger partial charge in [-0.3, -0.25) is 4.98 Å². The fourth-order valence-corrected chi connectivity index (χ4v) is 4.30. The molecule has 6 rings (SSSR count). The molecule has 1 radical (unpaired) electrons. The standard InChI is InChI=1S/C19H15N2.C12H10N.Ir/c1-19(2)15-8-4-3-7-13(15)14-12-21-18(11-16(14)19)17-9-5-6-10-20-17;1-10-7-8-12(13-9-10)11-5-3-2-4-6-11;/h3-8,10-12H,1-2H3;2-5,7-9H,1H3;/q2*-1;/i;1D3;. The first kappa shape index (κ1) is 20.9. The Kier molecular flexibility index (Phi) is 6.22. The second-order valence-corrected chi connectivity index (χ2v) is 8.62. The van der Waals surface area contributed by atoms with E-state index in [9.17, 15) is 0 Å². The molecule has 0 amide bonds. The molecule has 3 nitrogen and oxygen atoms in total. The fraction of sp³-hybridized carbons (Fsp3) is 0.129. The van der Waals surface area contributed by atoms with E-state index in [1.165, 1.54) is 28.5 Å². The van der Waals surface area contributed by atoms with Crippen LogP contribution in [-0.4, -0.2) is 15.0 Å². The molecule has 3 aromatic heterocycles. The van der Waals surface area contributed by atoms with Gasteiger partial charge >= 0.3 is 0 Å². The van der Waals surface area contributed by atoms with Crippen LogP contribution in [0.1, 0.15) is 34.7 Å². The first-order chi connectivity index (χ1) is 17.7. The Morgan fingerprint density at radius 1 is 0.743 bits per heavy atom. The molecule has 0 atom stereocenters. The van der Waals surface area contributed by atoms with Crippen molar-refractivity contribution in [2.75, 3.05) is 0 Å². The molecular formula is C31H25IrN3-2. The topological polar surface area (TPSA) is 38.7 Å². The van der Waals surface area contributed by atoms with E-state index in [4.69, 9.17) is 4.11 Å². The van der Waals surface area contributed by atoms with Gasteiger partial charge in [-0.2, -0.15) is 12.1 Å². The molecule has 0 aliphatic heterocycles. The number of fused-ring (bicyclic) bond motifs is 3. The Bertz CT molecular complexity index is 1520. The van der Waals surface area contributed by atoms with Crippen molar-refractivity contribution in [2.24, 2.45) is 0 Å². The van der Waals surface area contributed by atoms with Gasteiger partial charge in [-0.05, 0) is 52.4 Å². The zero-order chi connectivity index (χ0) is 26.0. The van der Waals surface area contributed by atoms with Crippen LogP contribution in [0, 0.1) is 19.0 Å². The molecule has 4 heteroatoms. The molecule has 0 spiro atoms. The van der Waals surface area contributed by atoms with Crippen LogP contribution in [0.4, 0.5) is 0 Å². The molecule has 1 aliphatic rings. The van der Waals surface area contributed by atoms with Crippen molar-refractivity contribution in [2.45, 2.75) is 26.1 Å². The smallest absolute Gasteiger partial charge is 0.0280 e. The normalized spacial score (nSPS) is 14.1. The molecule has 5 aromatic rings. The Hall–Kier alpha value is -3.46. The molecule has 3 heterocycles. The first-order valence-corrected chi connectivity index (χ1v) is 11.1. The van der Waals surface area contributed by atoms with Crippen LogP contribution in [0.15, 0.2) is 97.5 Å². The van der Waals surface area contributed by atoms with Gasteiger partial charge in [-0.1, -0.05) is 56.3 Å². The van der Waals surface area contributed by atoms with E-state index >= 15 is 0 Å². The summed E-state index contributed by atoms with van der Waals surface area (Å²) in [4.78, 5) is 13.1. The third kappa shape index (κ3) is 5.00. The summed E-state index contributed by atoms with van der Waals surface area (Å²) in [6.45, 7) is 2.44. The molecule has 35 heavy (non-hydrogen) atoms. The van der Waals surface area contributed by atoms with Crippen molar-refractivity contribution < 1.29 is 24.2 Å². The van der Waals surface area contributed by atoms with E-state index in [2.05, 4.69) is 71.3 Å². The van der Waals surface area contributed by atoms with E-state index < -0.39 is 6.85 Å². The summed E-state index contributed by atoms with van der Waals surface area (Å²) >= 11 is 0. The second-order valence-electron chi connectivity index (χ2n) is 8.62.